The molecule has 3 amide bonds. The van der Waals surface area contributed by atoms with E-state index in [1.165, 1.54) is 30.6 Å². The van der Waals surface area contributed by atoms with Gasteiger partial charge in [0.1, 0.15) is 0 Å². The molecule has 8 heteroatoms. The fraction of sp³-hybridized carbons (Fsp3) is 0.450. The summed E-state index contributed by atoms with van der Waals surface area (Å²) in [6.45, 7) is 0.555. The number of halogens is 1. The molecule has 6 nitrogen and oxygen atoms in total. The SMILES string of the molecule is O=C(Cc1csc(NC(=O)NC2CCCCC2)n1)NCCc1ccc(Cl)cc1. The molecule has 1 aromatic carbocycles. The van der Waals surface area contributed by atoms with Gasteiger partial charge in [-0.2, -0.15) is 0 Å². The minimum Gasteiger partial charge on any atom is -0.355 e. The van der Waals surface area contributed by atoms with Gasteiger partial charge < -0.3 is 10.6 Å². The molecular weight excluding hydrogens is 396 g/mol. The summed E-state index contributed by atoms with van der Waals surface area (Å²) in [5.41, 5.74) is 1.77. The Morgan fingerprint density at radius 1 is 1.14 bits per heavy atom. The molecule has 150 valence electrons. The molecule has 1 aromatic heterocycles. The predicted octanol–water partition coefficient (Wildman–Crippen LogP) is 4.15. The summed E-state index contributed by atoms with van der Waals surface area (Å²) in [5, 5.41) is 11.7. The monoisotopic (exact) mass is 420 g/mol. The van der Waals surface area contributed by atoms with Crippen LogP contribution in [0.15, 0.2) is 29.6 Å². The average molecular weight is 421 g/mol. The molecule has 3 N–H and O–H groups in total. The molecule has 0 bridgehead atoms. The Morgan fingerprint density at radius 3 is 2.64 bits per heavy atom. The van der Waals surface area contributed by atoms with Crippen LogP contribution < -0.4 is 16.0 Å². The summed E-state index contributed by atoms with van der Waals surface area (Å²) in [4.78, 5) is 28.5. The summed E-state index contributed by atoms with van der Waals surface area (Å²) < 4.78 is 0. The highest BCUT2D eigenvalue weighted by Gasteiger charge is 2.16. The molecule has 28 heavy (non-hydrogen) atoms. The van der Waals surface area contributed by atoms with Crippen LogP contribution in [0.3, 0.4) is 0 Å². The van der Waals surface area contributed by atoms with E-state index in [-0.39, 0.29) is 24.4 Å². The van der Waals surface area contributed by atoms with Crippen molar-refractivity contribution in [3.8, 4) is 0 Å². The van der Waals surface area contributed by atoms with E-state index in [9.17, 15) is 9.59 Å². The van der Waals surface area contributed by atoms with Crippen LogP contribution in [0.25, 0.3) is 0 Å². The number of nitrogens with one attached hydrogen (secondary N) is 3. The molecule has 0 atom stereocenters. The smallest absolute Gasteiger partial charge is 0.321 e. The Hall–Kier alpha value is -2.12. The van der Waals surface area contributed by atoms with Gasteiger partial charge in [0.2, 0.25) is 5.91 Å². The van der Waals surface area contributed by atoms with Crippen LogP contribution in [-0.4, -0.2) is 29.5 Å². The highest BCUT2D eigenvalue weighted by molar-refractivity contribution is 7.13. The van der Waals surface area contributed by atoms with Crippen molar-refractivity contribution in [2.45, 2.75) is 51.0 Å². The van der Waals surface area contributed by atoms with Gasteiger partial charge in [-0.3, -0.25) is 10.1 Å². The second kappa shape index (κ2) is 10.4. The number of anilines is 1. The number of nitrogens with zero attached hydrogens (tertiary/aromatic N) is 1. The first kappa shape index (κ1) is 20.6. The first-order valence-electron chi connectivity index (χ1n) is 9.61. The van der Waals surface area contributed by atoms with Crippen molar-refractivity contribution in [1.82, 2.24) is 15.6 Å². The maximum absolute atomic E-state index is 12.1. The van der Waals surface area contributed by atoms with Gasteiger partial charge >= 0.3 is 6.03 Å². The molecule has 0 saturated heterocycles. The van der Waals surface area contributed by atoms with Gasteiger partial charge in [0.05, 0.1) is 12.1 Å². The molecule has 0 radical (unpaired) electrons. The molecule has 1 aliphatic carbocycles. The highest BCUT2D eigenvalue weighted by Crippen LogP contribution is 2.19. The Morgan fingerprint density at radius 2 is 1.89 bits per heavy atom. The topological polar surface area (TPSA) is 83.1 Å². The lowest BCUT2D eigenvalue weighted by Crippen LogP contribution is -2.39. The Kier molecular flexibility index (Phi) is 7.68. The number of rotatable bonds is 7. The molecular formula is C20H25ClN4O2S. The molecule has 1 heterocycles. The number of amides is 3. The zero-order chi connectivity index (χ0) is 19.8. The Bertz CT molecular complexity index is 788. The van der Waals surface area contributed by atoms with Crippen molar-refractivity contribution < 1.29 is 9.59 Å². The van der Waals surface area contributed by atoms with Gasteiger partial charge in [0.15, 0.2) is 5.13 Å². The maximum atomic E-state index is 12.1. The number of hydrogen-bond donors (Lipinski definition) is 3. The zero-order valence-corrected chi connectivity index (χ0v) is 17.2. The maximum Gasteiger partial charge on any atom is 0.321 e. The van der Waals surface area contributed by atoms with E-state index in [1.807, 2.05) is 24.3 Å². The minimum atomic E-state index is -0.222. The third-order valence-corrected chi connectivity index (χ3v) is 5.76. The van der Waals surface area contributed by atoms with Gasteiger partial charge in [0.25, 0.3) is 0 Å². The number of hydrogen-bond acceptors (Lipinski definition) is 4. The lowest BCUT2D eigenvalue weighted by Gasteiger charge is -2.22. The van der Waals surface area contributed by atoms with Crippen LogP contribution in [0.1, 0.15) is 43.4 Å². The van der Waals surface area contributed by atoms with Gasteiger partial charge in [0, 0.05) is 23.0 Å². The zero-order valence-electron chi connectivity index (χ0n) is 15.7. The highest BCUT2D eigenvalue weighted by atomic mass is 35.5. The first-order chi connectivity index (χ1) is 13.6. The third-order valence-electron chi connectivity index (χ3n) is 4.70. The van der Waals surface area contributed by atoms with Crippen LogP contribution in [0.4, 0.5) is 9.93 Å². The summed E-state index contributed by atoms with van der Waals surface area (Å²) in [7, 11) is 0. The van der Waals surface area contributed by atoms with E-state index in [1.54, 1.807) is 5.38 Å². The van der Waals surface area contributed by atoms with E-state index in [0.29, 0.717) is 22.4 Å². The normalized spacial score (nSPS) is 14.5. The van der Waals surface area contributed by atoms with Crippen LogP contribution in [0.2, 0.25) is 5.02 Å². The molecule has 1 aliphatic rings. The summed E-state index contributed by atoms with van der Waals surface area (Å²) in [6, 6.07) is 7.61. The van der Waals surface area contributed by atoms with Gasteiger partial charge in [-0.1, -0.05) is 43.0 Å². The number of benzene rings is 1. The Balaban J connectivity index is 1.37. The quantitative estimate of drug-likeness (QED) is 0.629. The van der Waals surface area contributed by atoms with E-state index >= 15 is 0 Å². The van der Waals surface area contributed by atoms with E-state index in [4.69, 9.17) is 11.6 Å². The van der Waals surface area contributed by atoms with Crippen molar-refractivity contribution >= 4 is 40.0 Å². The van der Waals surface area contributed by atoms with Gasteiger partial charge in [-0.15, -0.1) is 11.3 Å². The van der Waals surface area contributed by atoms with Crippen molar-refractivity contribution in [3.05, 3.63) is 45.9 Å². The molecule has 0 unspecified atom stereocenters. The summed E-state index contributed by atoms with van der Waals surface area (Å²) in [6.07, 6.45) is 6.59. The third kappa shape index (κ3) is 6.80. The molecule has 3 rings (SSSR count). The van der Waals surface area contributed by atoms with Crippen molar-refractivity contribution in [1.29, 1.82) is 0 Å². The molecule has 1 fully saturated rings. The number of carbonyl (C=O) groups is 2. The second-order valence-corrected chi connectivity index (χ2v) is 8.28. The predicted molar refractivity (Wildman–Crippen MR) is 113 cm³/mol. The number of aromatic nitrogens is 1. The van der Waals surface area contributed by atoms with Crippen molar-refractivity contribution in [2.75, 3.05) is 11.9 Å². The van der Waals surface area contributed by atoms with Crippen LogP contribution in [0.5, 0.6) is 0 Å². The largest absolute Gasteiger partial charge is 0.355 e. The summed E-state index contributed by atoms with van der Waals surface area (Å²) in [5.74, 6) is -0.0857. The molecule has 1 saturated carbocycles. The standard InChI is InChI=1S/C20H25ClN4O2S/c21-15-8-6-14(7-9-15)10-11-22-18(26)12-17-13-28-20(24-17)25-19(27)23-16-4-2-1-3-5-16/h6-9,13,16H,1-5,10-12H2,(H,22,26)(H2,23,24,25,27). The number of carbonyl (C=O) groups excluding carboxylic acids is 2. The lowest BCUT2D eigenvalue weighted by atomic mass is 9.96. The fourth-order valence-corrected chi connectivity index (χ4v) is 4.07. The number of urea groups is 1. The molecule has 0 spiro atoms. The first-order valence-corrected chi connectivity index (χ1v) is 10.9. The Labute approximate surface area is 174 Å². The van der Waals surface area contributed by atoms with Crippen LogP contribution in [0, 0.1) is 0 Å². The van der Waals surface area contributed by atoms with Gasteiger partial charge in [-0.05, 0) is 37.0 Å². The van der Waals surface area contributed by atoms with E-state index < -0.39 is 0 Å². The fourth-order valence-electron chi connectivity index (χ4n) is 3.24. The van der Waals surface area contributed by atoms with Crippen LogP contribution in [-0.2, 0) is 17.6 Å². The molecule has 2 aromatic rings. The van der Waals surface area contributed by atoms with E-state index in [2.05, 4.69) is 20.9 Å². The van der Waals surface area contributed by atoms with Gasteiger partial charge in [-0.25, -0.2) is 9.78 Å². The second-order valence-electron chi connectivity index (χ2n) is 6.98. The number of thiazole rings is 1. The minimum absolute atomic E-state index is 0.0857. The lowest BCUT2D eigenvalue weighted by molar-refractivity contribution is -0.120. The average Bonchev–Trinajstić information content (AvgIpc) is 3.10. The summed E-state index contributed by atoms with van der Waals surface area (Å²) >= 11 is 7.19. The van der Waals surface area contributed by atoms with E-state index in [0.717, 1.165) is 24.8 Å². The molecule has 0 aliphatic heterocycles. The van der Waals surface area contributed by atoms with Crippen LogP contribution >= 0.6 is 22.9 Å². The van der Waals surface area contributed by atoms with Crippen molar-refractivity contribution in [2.24, 2.45) is 0 Å². The van der Waals surface area contributed by atoms with Crippen molar-refractivity contribution in [3.63, 3.8) is 0 Å².